The summed E-state index contributed by atoms with van der Waals surface area (Å²) in [6, 6.07) is 2.72. The Kier molecular flexibility index (Phi) is 3.49. The van der Waals surface area contributed by atoms with Gasteiger partial charge in [0, 0.05) is 24.7 Å². The lowest BCUT2D eigenvalue weighted by Crippen LogP contribution is -2.45. The predicted octanol–water partition coefficient (Wildman–Crippen LogP) is 2.54. The van der Waals surface area contributed by atoms with Crippen molar-refractivity contribution in [2.75, 3.05) is 13.1 Å². The normalized spacial score (nSPS) is 38.2. The molecule has 0 aromatic rings. The lowest BCUT2D eigenvalue weighted by molar-refractivity contribution is 0.123. The zero-order chi connectivity index (χ0) is 10.8. The van der Waals surface area contributed by atoms with Gasteiger partial charge < -0.3 is 5.32 Å². The zero-order valence-corrected chi connectivity index (χ0v) is 10.5. The molecule has 0 aromatic carbocycles. The van der Waals surface area contributed by atoms with Crippen molar-refractivity contribution < 1.29 is 0 Å². The van der Waals surface area contributed by atoms with E-state index in [2.05, 4.69) is 10.2 Å². The average Bonchev–Trinajstić information content (AvgIpc) is 2.47. The highest BCUT2D eigenvalue weighted by molar-refractivity contribution is 4.95. The van der Waals surface area contributed by atoms with Crippen LogP contribution < -0.4 is 5.32 Å². The number of nitrogens with zero attached hydrogens (tertiary/aromatic N) is 1. The van der Waals surface area contributed by atoms with Crippen LogP contribution in [-0.2, 0) is 0 Å². The van der Waals surface area contributed by atoms with Crippen molar-refractivity contribution in [3.8, 4) is 0 Å². The number of fused-ring (bicyclic) bond motifs is 2. The van der Waals surface area contributed by atoms with E-state index < -0.39 is 0 Å². The summed E-state index contributed by atoms with van der Waals surface area (Å²) >= 11 is 0. The molecule has 16 heavy (non-hydrogen) atoms. The fraction of sp³-hybridized carbons (Fsp3) is 1.00. The van der Waals surface area contributed by atoms with E-state index in [0.717, 1.165) is 18.1 Å². The summed E-state index contributed by atoms with van der Waals surface area (Å²) in [4.78, 5) is 2.94. The van der Waals surface area contributed by atoms with Crippen molar-refractivity contribution in [3.05, 3.63) is 0 Å². The third-order valence-electron chi connectivity index (χ3n) is 4.96. The lowest BCUT2D eigenvalue weighted by Gasteiger charge is -2.35. The highest BCUT2D eigenvalue weighted by atomic mass is 15.3. The molecule has 2 heterocycles. The minimum atomic E-state index is 0.871. The van der Waals surface area contributed by atoms with E-state index in [1.807, 2.05) is 0 Å². The van der Waals surface area contributed by atoms with Crippen LogP contribution in [0.5, 0.6) is 0 Å². The molecule has 2 unspecified atom stereocenters. The summed E-state index contributed by atoms with van der Waals surface area (Å²) in [6.07, 6.45) is 13.2. The second kappa shape index (κ2) is 5.05. The maximum atomic E-state index is 3.62. The first-order chi connectivity index (χ1) is 7.95. The maximum absolute atomic E-state index is 3.62. The maximum Gasteiger partial charge on any atom is 0.0227 e. The summed E-state index contributed by atoms with van der Waals surface area (Å²) in [5.74, 6) is 0. The Morgan fingerprint density at radius 1 is 0.688 bits per heavy atom. The van der Waals surface area contributed by atoms with Crippen LogP contribution >= 0.6 is 0 Å². The number of rotatable bonds is 1. The van der Waals surface area contributed by atoms with Gasteiger partial charge in [0.15, 0.2) is 0 Å². The third kappa shape index (κ3) is 2.14. The monoisotopic (exact) mass is 222 g/mol. The molecule has 0 aromatic heterocycles. The predicted molar refractivity (Wildman–Crippen MR) is 67.6 cm³/mol. The smallest absolute Gasteiger partial charge is 0.0227 e. The molecule has 0 radical (unpaired) electrons. The van der Waals surface area contributed by atoms with E-state index in [9.17, 15) is 0 Å². The van der Waals surface area contributed by atoms with Gasteiger partial charge >= 0.3 is 0 Å². The highest BCUT2D eigenvalue weighted by Crippen LogP contribution is 2.34. The number of hydrogen-bond acceptors (Lipinski definition) is 2. The summed E-state index contributed by atoms with van der Waals surface area (Å²) in [7, 11) is 0. The number of hydrogen-bond donors (Lipinski definition) is 1. The van der Waals surface area contributed by atoms with Crippen LogP contribution in [0.1, 0.15) is 57.8 Å². The zero-order valence-electron chi connectivity index (χ0n) is 10.5. The van der Waals surface area contributed by atoms with Gasteiger partial charge in [0.1, 0.15) is 0 Å². The Morgan fingerprint density at radius 3 is 2.19 bits per heavy atom. The molecule has 1 aliphatic carbocycles. The first-order valence-corrected chi connectivity index (χ1v) is 7.43. The van der Waals surface area contributed by atoms with Crippen LogP contribution in [0, 0.1) is 0 Å². The number of nitrogens with one attached hydrogen (secondary N) is 1. The van der Waals surface area contributed by atoms with Gasteiger partial charge in [0.05, 0.1) is 0 Å². The molecule has 1 N–H and O–H groups in total. The van der Waals surface area contributed by atoms with E-state index in [1.165, 1.54) is 70.9 Å². The van der Waals surface area contributed by atoms with E-state index in [-0.39, 0.29) is 0 Å². The fourth-order valence-electron chi connectivity index (χ4n) is 4.17. The summed E-state index contributed by atoms with van der Waals surface area (Å²) in [5.41, 5.74) is 0. The minimum Gasteiger partial charge on any atom is -0.315 e. The third-order valence-corrected chi connectivity index (χ3v) is 4.96. The van der Waals surface area contributed by atoms with Gasteiger partial charge in [-0.05, 0) is 38.6 Å². The first-order valence-electron chi connectivity index (χ1n) is 7.43. The largest absolute Gasteiger partial charge is 0.315 e. The molecule has 2 bridgehead atoms. The molecule has 3 fully saturated rings. The fourth-order valence-corrected chi connectivity index (χ4v) is 4.17. The van der Waals surface area contributed by atoms with Crippen LogP contribution in [0.2, 0.25) is 0 Å². The first kappa shape index (κ1) is 11.0. The van der Waals surface area contributed by atoms with Crippen molar-refractivity contribution in [2.45, 2.75) is 75.9 Å². The molecule has 2 nitrogen and oxygen atoms in total. The Morgan fingerprint density at radius 2 is 1.38 bits per heavy atom. The van der Waals surface area contributed by atoms with Gasteiger partial charge in [-0.3, -0.25) is 4.90 Å². The van der Waals surface area contributed by atoms with E-state index >= 15 is 0 Å². The molecule has 2 atom stereocenters. The molecule has 3 rings (SSSR count). The molecule has 92 valence electrons. The Hall–Kier alpha value is -0.0800. The average molecular weight is 222 g/mol. The van der Waals surface area contributed by atoms with E-state index in [4.69, 9.17) is 0 Å². The van der Waals surface area contributed by atoms with Gasteiger partial charge in [-0.25, -0.2) is 0 Å². The van der Waals surface area contributed by atoms with Crippen LogP contribution in [0.3, 0.4) is 0 Å². The molecular formula is C14H26N2. The molecule has 2 saturated heterocycles. The molecule has 1 saturated carbocycles. The molecule has 0 spiro atoms. The second-order valence-electron chi connectivity index (χ2n) is 5.97. The van der Waals surface area contributed by atoms with E-state index in [0.29, 0.717) is 0 Å². The topological polar surface area (TPSA) is 15.3 Å². The summed E-state index contributed by atoms with van der Waals surface area (Å²) in [6.45, 7) is 2.51. The van der Waals surface area contributed by atoms with E-state index in [1.54, 1.807) is 0 Å². The van der Waals surface area contributed by atoms with Gasteiger partial charge in [-0.1, -0.05) is 25.7 Å². The Balaban J connectivity index is 1.71. The van der Waals surface area contributed by atoms with Gasteiger partial charge in [0.2, 0.25) is 0 Å². The molecule has 2 heteroatoms. The summed E-state index contributed by atoms with van der Waals surface area (Å²) < 4.78 is 0. The minimum absolute atomic E-state index is 0.871. The van der Waals surface area contributed by atoms with Crippen LogP contribution in [0.15, 0.2) is 0 Å². The van der Waals surface area contributed by atoms with Crippen molar-refractivity contribution >= 4 is 0 Å². The molecule has 2 aliphatic heterocycles. The molecule has 3 aliphatic rings. The molecule has 0 amide bonds. The second-order valence-corrected chi connectivity index (χ2v) is 5.97. The standard InChI is InChI=1S/C14H26N2/c1-2-4-6-12(5-3-1)16-13-7-8-14(16)11-15-10-9-13/h12-15H,1-11H2. The molecular weight excluding hydrogens is 196 g/mol. The van der Waals surface area contributed by atoms with Crippen molar-refractivity contribution in [2.24, 2.45) is 0 Å². The van der Waals surface area contributed by atoms with Gasteiger partial charge in [0.25, 0.3) is 0 Å². The Labute approximate surface area is 99.8 Å². The van der Waals surface area contributed by atoms with Gasteiger partial charge in [-0.2, -0.15) is 0 Å². The Bertz CT molecular complexity index is 207. The van der Waals surface area contributed by atoms with Crippen LogP contribution in [0.4, 0.5) is 0 Å². The van der Waals surface area contributed by atoms with Crippen molar-refractivity contribution in [3.63, 3.8) is 0 Å². The quantitative estimate of drug-likeness (QED) is 0.686. The van der Waals surface area contributed by atoms with Crippen LogP contribution in [0.25, 0.3) is 0 Å². The van der Waals surface area contributed by atoms with Crippen molar-refractivity contribution in [1.29, 1.82) is 0 Å². The van der Waals surface area contributed by atoms with Crippen LogP contribution in [-0.4, -0.2) is 36.1 Å². The SMILES string of the molecule is C1CCCC(N2C3CCNCC2CC3)CC1. The highest BCUT2D eigenvalue weighted by Gasteiger charge is 2.38. The summed E-state index contributed by atoms with van der Waals surface area (Å²) in [5, 5.41) is 3.62. The van der Waals surface area contributed by atoms with Gasteiger partial charge in [-0.15, -0.1) is 0 Å². The lowest BCUT2D eigenvalue weighted by atomic mass is 10.0. The van der Waals surface area contributed by atoms with Crippen molar-refractivity contribution in [1.82, 2.24) is 10.2 Å².